The van der Waals surface area contributed by atoms with E-state index in [1.54, 1.807) is 0 Å². The van der Waals surface area contributed by atoms with Crippen molar-refractivity contribution in [3.8, 4) is 0 Å². The minimum absolute atomic E-state index is 0.282. The van der Waals surface area contributed by atoms with Crippen molar-refractivity contribution in [1.82, 2.24) is 5.32 Å². The summed E-state index contributed by atoms with van der Waals surface area (Å²) < 4.78 is 1.08. The fourth-order valence-corrected chi connectivity index (χ4v) is 2.64. The van der Waals surface area contributed by atoms with Crippen LogP contribution in [0, 0.1) is 12.8 Å². The van der Waals surface area contributed by atoms with Gasteiger partial charge < -0.3 is 15.3 Å². The molecule has 0 saturated carbocycles. The Bertz CT molecular complexity index is 479. The highest BCUT2D eigenvalue weighted by Gasteiger charge is 2.27. The first kappa shape index (κ1) is 14.3. The van der Waals surface area contributed by atoms with Gasteiger partial charge in [0.25, 0.3) is 0 Å². The van der Waals surface area contributed by atoms with Crippen molar-refractivity contribution in [2.75, 3.05) is 24.5 Å². The van der Waals surface area contributed by atoms with Crippen molar-refractivity contribution in [2.24, 2.45) is 5.92 Å². The van der Waals surface area contributed by atoms with Crippen LogP contribution in [0.2, 0.25) is 0 Å². The number of halogens is 1. The Morgan fingerprint density at radius 1 is 1.47 bits per heavy atom. The van der Waals surface area contributed by atoms with Crippen LogP contribution in [-0.4, -0.2) is 36.8 Å². The molecule has 0 amide bonds. The molecule has 4 nitrogen and oxygen atoms in total. The minimum Gasteiger partial charge on any atom is -0.481 e. The summed E-state index contributed by atoms with van der Waals surface area (Å²) >= 11 is 3.49. The molecular weight excluding hydrogens is 308 g/mol. The molecule has 2 unspecified atom stereocenters. The van der Waals surface area contributed by atoms with Gasteiger partial charge in [0.15, 0.2) is 0 Å². The van der Waals surface area contributed by atoms with Gasteiger partial charge >= 0.3 is 5.97 Å². The summed E-state index contributed by atoms with van der Waals surface area (Å²) in [6.45, 7) is 6.05. The van der Waals surface area contributed by atoms with Gasteiger partial charge in [0.2, 0.25) is 0 Å². The van der Waals surface area contributed by atoms with Crippen molar-refractivity contribution in [2.45, 2.75) is 19.9 Å². The van der Waals surface area contributed by atoms with E-state index in [-0.39, 0.29) is 12.0 Å². The lowest BCUT2D eigenvalue weighted by Gasteiger charge is -2.30. The Morgan fingerprint density at radius 3 is 2.84 bits per heavy atom. The molecule has 0 aromatic heterocycles. The molecule has 1 aliphatic rings. The predicted molar refractivity (Wildman–Crippen MR) is 79.7 cm³/mol. The molecule has 0 radical (unpaired) electrons. The Kier molecular flexibility index (Phi) is 4.47. The first-order valence-corrected chi connectivity index (χ1v) is 7.24. The average molecular weight is 327 g/mol. The Morgan fingerprint density at radius 2 is 2.21 bits per heavy atom. The van der Waals surface area contributed by atoms with E-state index in [0.29, 0.717) is 13.1 Å². The second-order valence-corrected chi connectivity index (χ2v) is 5.98. The van der Waals surface area contributed by atoms with Crippen molar-refractivity contribution in [1.29, 1.82) is 0 Å². The molecule has 5 heteroatoms. The molecule has 104 valence electrons. The standard InChI is InChI=1S/C14H19BrN2O2/c1-9-5-12(3-4-13(9)15)17-8-11(14(18)19)7-16-6-10(17)2/h3-5,10-11,16H,6-8H2,1-2H3,(H,18,19). The molecule has 2 N–H and O–H groups in total. The molecule has 1 heterocycles. The number of hydrogen-bond donors (Lipinski definition) is 2. The van der Waals surface area contributed by atoms with Crippen molar-refractivity contribution in [3.05, 3.63) is 28.2 Å². The third-order valence-electron chi connectivity index (χ3n) is 3.60. The Hall–Kier alpha value is -1.07. The van der Waals surface area contributed by atoms with Crippen LogP contribution in [0.15, 0.2) is 22.7 Å². The van der Waals surface area contributed by atoms with E-state index >= 15 is 0 Å². The lowest BCUT2D eigenvalue weighted by Crippen LogP contribution is -2.39. The van der Waals surface area contributed by atoms with Gasteiger partial charge in [-0.3, -0.25) is 4.79 Å². The summed E-state index contributed by atoms with van der Waals surface area (Å²) in [5.74, 6) is -1.10. The predicted octanol–water partition coefficient (Wildman–Crippen LogP) is 2.26. The van der Waals surface area contributed by atoms with E-state index in [0.717, 1.165) is 22.3 Å². The van der Waals surface area contributed by atoms with Crippen LogP contribution in [0.5, 0.6) is 0 Å². The number of carboxylic acid groups (broad SMARTS) is 1. The van der Waals surface area contributed by atoms with Crippen LogP contribution >= 0.6 is 15.9 Å². The van der Waals surface area contributed by atoms with E-state index in [1.165, 1.54) is 0 Å². The quantitative estimate of drug-likeness (QED) is 0.875. The zero-order valence-electron chi connectivity index (χ0n) is 11.2. The molecule has 1 aliphatic heterocycles. The zero-order chi connectivity index (χ0) is 14.0. The summed E-state index contributed by atoms with van der Waals surface area (Å²) in [7, 11) is 0. The largest absolute Gasteiger partial charge is 0.481 e. The number of rotatable bonds is 2. The van der Waals surface area contributed by atoms with Crippen LogP contribution in [-0.2, 0) is 4.79 Å². The number of aryl methyl sites for hydroxylation is 1. The van der Waals surface area contributed by atoms with E-state index < -0.39 is 5.97 Å². The molecule has 1 saturated heterocycles. The first-order valence-electron chi connectivity index (χ1n) is 6.45. The highest BCUT2D eigenvalue weighted by molar-refractivity contribution is 9.10. The summed E-state index contributed by atoms with van der Waals surface area (Å²) in [4.78, 5) is 13.4. The van der Waals surface area contributed by atoms with Crippen LogP contribution in [0.25, 0.3) is 0 Å². The fraction of sp³-hybridized carbons (Fsp3) is 0.500. The van der Waals surface area contributed by atoms with Gasteiger partial charge in [-0.05, 0) is 37.6 Å². The molecular formula is C14H19BrN2O2. The van der Waals surface area contributed by atoms with Gasteiger partial charge in [0, 0.05) is 35.8 Å². The molecule has 0 bridgehead atoms. The Balaban J connectivity index is 2.28. The molecule has 2 rings (SSSR count). The maximum absolute atomic E-state index is 11.2. The number of carboxylic acids is 1. The molecule has 1 fully saturated rings. The van der Waals surface area contributed by atoms with E-state index in [4.69, 9.17) is 0 Å². The van der Waals surface area contributed by atoms with Gasteiger partial charge in [-0.2, -0.15) is 0 Å². The maximum atomic E-state index is 11.2. The van der Waals surface area contributed by atoms with E-state index in [1.807, 2.05) is 19.1 Å². The zero-order valence-corrected chi connectivity index (χ0v) is 12.8. The lowest BCUT2D eigenvalue weighted by atomic mass is 10.1. The fourth-order valence-electron chi connectivity index (χ4n) is 2.39. The average Bonchev–Trinajstić information content (AvgIpc) is 2.55. The molecule has 1 aromatic rings. The monoisotopic (exact) mass is 326 g/mol. The van der Waals surface area contributed by atoms with Gasteiger partial charge in [-0.1, -0.05) is 15.9 Å². The summed E-state index contributed by atoms with van der Waals surface area (Å²) in [5.41, 5.74) is 2.25. The second kappa shape index (κ2) is 5.92. The van der Waals surface area contributed by atoms with Crippen LogP contribution in [0.4, 0.5) is 5.69 Å². The third-order valence-corrected chi connectivity index (χ3v) is 4.49. The van der Waals surface area contributed by atoms with E-state index in [9.17, 15) is 9.90 Å². The normalized spacial score (nSPS) is 24.1. The number of anilines is 1. The van der Waals surface area contributed by atoms with Gasteiger partial charge in [-0.15, -0.1) is 0 Å². The summed E-state index contributed by atoms with van der Waals surface area (Å²) in [6.07, 6.45) is 0. The van der Waals surface area contributed by atoms with Gasteiger partial charge in [-0.25, -0.2) is 0 Å². The number of hydrogen-bond acceptors (Lipinski definition) is 3. The van der Waals surface area contributed by atoms with Gasteiger partial charge in [0.05, 0.1) is 5.92 Å². The van der Waals surface area contributed by atoms with Crippen LogP contribution in [0.1, 0.15) is 12.5 Å². The van der Waals surface area contributed by atoms with E-state index in [2.05, 4.69) is 39.1 Å². The highest BCUT2D eigenvalue weighted by Crippen LogP contribution is 2.25. The van der Waals surface area contributed by atoms with Gasteiger partial charge in [0.1, 0.15) is 0 Å². The van der Waals surface area contributed by atoms with Crippen molar-refractivity contribution in [3.63, 3.8) is 0 Å². The first-order chi connectivity index (χ1) is 8.99. The summed E-state index contributed by atoms with van der Waals surface area (Å²) in [6, 6.07) is 6.44. The Labute approximate surface area is 121 Å². The number of nitrogens with zero attached hydrogens (tertiary/aromatic N) is 1. The van der Waals surface area contributed by atoms with Crippen molar-refractivity contribution >= 4 is 27.6 Å². The molecule has 2 atom stereocenters. The number of nitrogens with one attached hydrogen (secondary N) is 1. The summed E-state index contributed by atoms with van der Waals surface area (Å²) in [5, 5.41) is 12.5. The SMILES string of the molecule is Cc1cc(N2CC(C(=O)O)CNCC2C)ccc1Br. The highest BCUT2D eigenvalue weighted by atomic mass is 79.9. The number of aliphatic carboxylic acids is 1. The van der Waals surface area contributed by atoms with Crippen molar-refractivity contribution < 1.29 is 9.90 Å². The molecule has 19 heavy (non-hydrogen) atoms. The molecule has 0 spiro atoms. The minimum atomic E-state index is -0.736. The molecule has 0 aliphatic carbocycles. The second-order valence-electron chi connectivity index (χ2n) is 5.13. The number of carbonyl (C=O) groups is 1. The van der Waals surface area contributed by atoms with Crippen LogP contribution in [0.3, 0.4) is 0 Å². The topological polar surface area (TPSA) is 52.6 Å². The number of benzene rings is 1. The maximum Gasteiger partial charge on any atom is 0.309 e. The third kappa shape index (κ3) is 3.28. The molecule has 1 aromatic carbocycles. The smallest absolute Gasteiger partial charge is 0.309 e. The van der Waals surface area contributed by atoms with Crippen LogP contribution < -0.4 is 10.2 Å². The lowest BCUT2D eigenvalue weighted by molar-refractivity contribution is -0.141.